The summed E-state index contributed by atoms with van der Waals surface area (Å²) in [5, 5.41) is 6.17. The number of urea groups is 1. The van der Waals surface area contributed by atoms with Gasteiger partial charge in [-0.2, -0.15) is 0 Å². The maximum Gasteiger partial charge on any atom is 0.327 e. The van der Waals surface area contributed by atoms with Gasteiger partial charge in [-0.1, -0.05) is 78.9 Å². The van der Waals surface area contributed by atoms with Gasteiger partial charge in [-0.25, -0.2) is 9.59 Å². The molecule has 0 spiro atoms. The molecule has 1 aliphatic heterocycles. The predicted molar refractivity (Wildman–Crippen MR) is 187 cm³/mol. The van der Waals surface area contributed by atoms with E-state index < -0.39 is 11.9 Å². The summed E-state index contributed by atoms with van der Waals surface area (Å²) < 4.78 is 16.3. The number of rotatable bonds is 11. The Morgan fingerprint density at radius 1 is 0.735 bits per heavy atom. The van der Waals surface area contributed by atoms with E-state index in [2.05, 4.69) is 10.6 Å². The van der Waals surface area contributed by atoms with Gasteiger partial charge in [0.05, 0.1) is 7.11 Å². The van der Waals surface area contributed by atoms with Gasteiger partial charge in [-0.05, 0) is 71.8 Å². The fraction of sp³-hybridized carbons (Fsp3) is 0.154. The smallest absolute Gasteiger partial charge is 0.327 e. The number of hydrogen-bond acceptors (Lipinski definition) is 7. The highest BCUT2D eigenvalue weighted by Crippen LogP contribution is 2.24. The molecular formula is C39H38N4O6. The first-order valence-corrected chi connectivity index (χ1v) is 15.7. The Morgan fingerprint density at radius 3 is 1.88 bits per heavy atom. The van der Waals surface area contributed by atoms with Crippen molar-refractivity contribution in [1.82, 2.24) is 10.2 Å². The second kappa shape index (κ2) is 17.1. The molecule has 10 nitrogen and oxygen atoms in total. The third-order valence-electron chi connectivity index (χ3n) is 7.61. The van der Waals surface area contributed by atoms with Crippen molar-refractivity contribution in [2.75, 3.05) is 25.5 Å². The Balaban J connectivity index is 0.000000232. The molecule has 1 aliphatic rings. The molecule has 1 unspecified atom stereocenters. The van der Waals surface area contributed by atoms with E-state index in [9.17, 15) is 14.4 Å². The molecule has 1 heterocycles. The number of nitrogens with zero attached hydrogens (tertiary/aromatic N) is 1. The number of carbonyl (C=O) groups is 3. The largest absolute Gasteiger partial charge is 0.489 e. The highest BCUT2D eigenvalue weighted by Gasteiger charge is 2.34. The number of hydrogen-bond donors (Lipinski definition) is 3. The Bertz CT molecular complexity index is 1780. The van der Waals surface area contributed by atoms with Gasteiger partial charge in [-0.15, -0.1) is 0 Å². The van der Waals surface area contributed by atoms with Crippen molar-refractivity contribution < 1.29 is 28.6 Å². The number of esters is 1. The number of benzene rings is 5. The van der Waals surface area contributed by atoms with Gasteiger partial charge in [0.1, 0.15) is 29.9 Å². The third-order valence-corrected chi connectivity index (χ3v) is 7.61. The molecule has 0 aromatic heterocycles. The molecule has 1 fully saturated rings. The number of likely N-dealkylation sites (tertiary alicyclic amines) is 1. The van der Waals surface area contributed by atoms with E-state index >= 15 is 0 Å². The Labute approximate surface area is 285 Å². The molecule has 10 heteroatoms. The summed E-state index contributed by atoms with van der Waals surface area (Å²) in [7, 11) is 1.37. The molecule has 0 radical (unpaired) electrons. The average Bonchev–Trinajstić information content (AvgIpc) is 3.12. The van der Waals surface area contributed by atoms with Crippen molar-refractivity contribution in [3.8, 4) is 17.2 Å². The number of methoxy groups -OCH3 is 1. The van der Waals surface area contributed by atoms with Gasteiger partial charge < -0.3 is 30.2 Å². The van der Waals surface area contributed by atoms with Gasteiger partial charge in [0.15, 0.2) is 0 Å². The molecule has 5 aromatic carbocycles. The van der Waals surface area contributed by atoms with Crippen LogP contribution in [0.25, 0.3) is 0 Å². The molecule has 250 valence electrons. The zero-order valence-corrected chi connectivity index (χ0v) is 27.0. The maximum atomic E-state index is 12.5. The van der Waals surface area contributed by atoms with E-state index in [1.165, 1.54) is 7.11 Å². The Morgan fingerprint density at radius 2 is 1.29 bits per heavy atom. The van der Waals surface area contributed by atoms with Gasteiger partial charge in [0.2, 0.25) is 5.91 Å². The van der Waals surface area contributed by atoms with Gasteiger partial charge in [0, 0.05) is 30.4 Å². The molecular weight excluding hydrogens is 620 g/mol. The molecule has 6 rings (SSSR count). The predicted octanol–water partition coefficient (Wildman–Crippen LogP) is 6.56. The van der Waals surface area contributed by atoms with Crippen molar-refractivity contribution in [2.45, 2.75) is 18.7 Å². The Hall–Kier alpha value is -6.13. The standard InChI is InChI=1S/C25H25N3O4.C14H13NO2/c1-31-24(29)23(18-8-4-2-5-9-18)26-20-16-28(17-20)25(30)27-19-12-14-22(15-13-19)32-21-10-6-3-7-11-21;15-14(16)12-6-8-13(9-7-12)17-10-11-4-2-1-3-5-11/h2-15,20,23,26H,16-17H2,1H3,(H,27,30);1-9H,10H2,(H2,15,16). The summed E-state index contributed by atoms with van der Waals surface area (Å²) in [6, 6.07) is 42.1. The van der Waals surface area contributed by atoms with E-state index in [1.807, 2.05) is 103 Å². The summed E-state index contributed by atoms with van der Waals surface area (Å²) in [6.45, 7) is 1.51. The van der Waals surface area contributed by atoms with Crippen molar-refractivity contribution in [1.29, 1.82) is 0 Å². The van der Waals surface area contributed by atoms with Crippen LogP contribution in [0.15, 0.2) is 140 Å². The van der Waals surface area contributed by atoms with Crippen molar-refractivity contribution in [3.05, 3.63) is 156 Å². The summed E-state index contributed by atoms with van der Waals surface area (Å²) in [5.74, 6) is 1.39. The minimum absolute atomic E-state index is 0.00621. The number of primary amides is 1. The molecule has 1 saturated heterocycles. The number of nitrogens with two attached hydrogens (primary N) is 1. The zero-order valence-electron chi connectivity index (χ0n) is 27.0. The van der Waals surface area contributed by atoms with Crippen LogP contribution in [0.5, 0.6) is 17.2 Å². The van der Waals surface area contributed by atoms with Crippen molar-refractivity contribution in [2.24, 2.45) is 5.73 Å². The monoisotopic (exact) mass is 658 g/mol. The number of amides is 3. The minimum atomic E-state index is -0.562. The fourth-order valence-corrected chi connectivity index (χ4v) is 4.94. The minimum Gasteiger partial charge on any atom is -0.489 e. The van der Waals surface area contributed by atoms with E-state index in [0.717, 1.165) is 22.6 Å². The Kier molecular flexibility index (Phi) is 12.0. The van der Waals surface area contributed by atoms with Gasteiger partial charge in [-0.3, -0.25) is 10.1 Å². The van der Waals surface area contributed by atoms with Crippen LogP contribution in [0.3, 0.4) is 0 Å². The van der Waals surface area contributed by atoms with Crippen LogP contribution in [0.1, 0.15) is 27.5 Å². The fourth-order valence-electron chi connectivity index (χ4n) is 4.94. The normalized spacial score (nSPS) is 12.7. The average molecular weight is 659 g/mol. The summed E-state index contributed by atoms with van der Waals surface area (Å²) >= 11 is 0. The number of para-hydroxylation sites is 1. The van der Waals surface area contributed by atoms with E-state index in [4.69, 9.17) is 19.9 Å². The first-order valence-electron chi connectivity index (χ1n) is 15.7. The first kappa shape index (κ1) is 34.2. The van der Waals surface area contributed by atoms with Crippen molar-refractivity contribution >= 4 is 23.6 Å². The number of anilines is 1. The SMILES string of the molecule is COC(=O)C(NC1CN(C(=O)Nc2ccc(Oc3ccccc3)cc2)C1)c1ccccc1.NC(=O)c1ccc(OCc2ccccc2)cc1. The molecule has 1 atom stereocenters. The molecule has 5 aromatic rings. The first-order chi connectivity index (χ1) is 23.9. The third kappa shape index (κ3) is 10.2. The van der Waals surface area contributed by atoms with E-state index in [1.54, 1.807) is 41.3 Å². The highest BCUT2D eigenvalue weighted by atomic mass is 16.5. The summed E-state index contributed by atoms with van der Waals surface area (Å²) in [5.41, 5.74) is 8.25. The molecule has 0 bridgehead atoms. The lowest BCUT2D eigenvalue weighted by atomic mass is 10.0. The lowest BCUT2D eigenvalue weighted by Gasteiger charge is -2.41. The lowest BCUT2D eigenvalue weighted by Crippen LogP contribution is -2.61. The lowest BCUT2D eigenvalue weighted by molar-refractivity contribution is -0.143. The van der Waals surface area contributed by atoms with Crippen LogP contribution < -0.4 is 25.8 Å². The number of nitrogens with one attached hydrogen (secondary N) is 2. The molecule has 49 heavy (non-hydrogen) atoms. The van der Waals surface area contributed by atoms with Crippen molar-refractivity contribution in [3.63, 3.8) is 0 Å². The van der Waals surface area contributed by atoms with Gasteiger partial charge in [0.25, 0.3) is 0 Å². The van der Waals surface area contributed by atoms with Crippen LogP contribution in [0.2, 0.25) is 0 Å². The summed E-state index contributed by atoms with van der Waals surface area (Å²) in [6.07, 6.45) is 0. The molecule has 3 amide bonds. The number of carbonyl (C=O) groups excluding carboxylic acids is 3. The second-order valence-corrected chi connectivity index (χ2v) is 11.2. The highest BCUT2D eigenvalue weighted by molar-refractivity contribution is 5.92. The summed E-state index contributed by atoms with van der Waals surface area (Å²) in [4.78, 5) is 37.3. The van der Waals surface area contributed by atoms with E-state index in [0.29, 0.717) is 36.7 Å². The zero-order chi connectivity index (χ0) is 34.4. The molecule has 4 N–H and O–H groups in total. The molecule has 0 aliphatic carbocycles. The van der Waals surface area contributed by atoms with Crippen LogP contribution in [-0.4, -0.2) is 49.0 Å². The van der Waals surface area contributed by atoms with Crippen LogP contribution in [0.4, 0.5) is 10.5 Å². The molecule has 0 saturated carbocycles. The topological polar surface area (TPSA) is 132 Å². The second-order valence-electron chi connectivity index (χ2n) is 11.2. The maximum absolute atomic E-state index is 12.5. The van der Waals surface area contributed by atoms with Gasteiger partial charge >= 0.3 is 12.0 Å². The number of ether oxygens (including phenoxy) is 3. The van der Waals surface area contributed by atoms with Crippen LogP contribution >= 0.6 is 0 Å². The van der Waals surface area contributed by atoms with E-state index in [-0.39, 0.29) is 18.0 Å². The van der Waals surface area contributed by atoms with Crippen LogP contribution in [0, 0.1) is 0 Å². The quantitative estimate of drug-likeness (QED) is 0.137. The van der Waals surface area contributed by atoms with Crippen LogP contribution in [-0.2, 0) is 16.1 Å².